The fourth-order valence-electron chi connectivity index (χ4n) is 1.85. The Morgan fingerprint density at radius 2 is 1.23 bits per heavy atom. The number of hydrogen-bond acceptors (Lipinski definition) is 8. The van der Waals surface area contributed by atoms with Gasteiger partial charge in [-0.15, -0.1) is 0 Å². The topological polar surface area (TPSA) is 89.5 Å². The van der Waals surface area contributed by atoms with Gasteiger partial charge < -0.3 is 28.4 Å². The van der Waals surface area contributed by atoms with Gasteiger partial charge in [-0.25, -0.2) is 9.59 Å². The van der Waals surface area contributed by atoms with Crippen molar-refractivity contribution in [1.29, 1.82) is 0 Å². The number of ether oxygens (including phenoxy) is 6. The standard InChI is InChI=1S/2C7H12O4/c2*1-3-6-10-4-5(11-6)7(8)9-2/h2*5-6H,3-4H2,1-2H3/t5-,6+;5-,6-/m00/s1. The van der Waals surface area contributed by atoms with Crippen molar-refractivity contribution < 1.29 is 38.0 Å². The highest BCUT2D eigenvalue weighted by molar-refractivity contribution is 5.75. The highest BCUT2D eigenvalue weighted by Gasteiger charge is 2.31. The van der Waals surface area contributed by atoms with Crippen LogP contribution in [0, 0.1) is 0 Å². The fraction of sp³-hybridized carbons (Fsp3) is 0.857. The van der Waals surface area contributed by atoms with Gasteiger partial charge in [-0.05, 0) is 12.8 Å². The maximum absolute atomic E-state index is 10.8. The lowest BCUT2D eigenvalue weighted by atomic mass is 10.4. The number of esters is 2. The predicted octanol–water partition coefficient (Wildman–Crippen LogP) is 0.622. The highest BCUT2D eigenvalue weighted by Crippen LogP contribution is 2.15. The first-order valence-corrected chi connectivity index (χ1v) is 7.25. The Kier molecular flexibility index (Phi) is 8.32. The fourth-order valence-corrected chi connectivity index (χ4v) is 1.85. The van der Waals surface area contributed by atoms with Gasteiger partial charge in [-0.2, -0.15) is 0 Å². The summed E-state index contributed by atoms with van der Waals surface area (Å²) in [6.45, 7) is 4.49. The summed E-state index contributed by atoms with van der Waals surface area (Å²) in [6, 6.07) is 0. The zero-order valence-electron chi connectivity index (χ0n) is 13.4. The molecule has 0 aromatic heterocycles. The molecule has 128 valence electrons. The van der Waals surface area contributed by atoms with E-state index in [1.807, 2.05) is 13.8 Å². The third-order valence-corrected chi connectivity index (χ3v) is 3.09. The van der Waals surface area contributed by atoms with Crippen LogP contribution in [0.4, 0.5) is 0 Å². The van der Waals surface area contributed by atoms with Crippen molar-refractivity contribution in [2.75, 3.05) is 27.4 Å². The van der Waals surface area contributed by atoms with Gasteiger partial charge >= 0.3 is 11.9 Å². The molecular formula is C14H24O8. The van der Waals surface area contributed by atoms with Crippen molar-refractivity contribution in [2.24, 2.45) is 0 Å². The molecule has 0 spiro atoms. The van der Waals surface area contributed by atoms with E-state index in [4.69, 9.17) is 18.9 Å². The predicted molar refractivity (Wildman–Crippen MR) is 73.8 cm³/mol. The first-order chi connectivity index (χ1) is 10.5. The lowest BCUT2D eigenvalue weighted by Crippen LogP contribution is -2.24. The molecule has 22 heavy (non-hydrogen) atoms. The van der Waals surface area contributed by atoms with E-state index >= 15 is 0 Å². The summed E-state index contributed by atoms with van der Waals surface area (Å²) in [5.74, 6) is -0.720. The van der Waals surface area contributed by atoms with Gasteiger partial charge in [0.25, 0.3) is 0 Å². The Balaban J connectivity index is 0.000000220. The van der Waals surface area contributed by atoms with Crippen molar-refractivity contribution in [3.05, 3.63) is 0 Å². The molecular weight excluding hydrogens is 296 g/mol. The van der Waals surface area contributed by atoms with Crippen LogP contribution >= 0.6 is 0 Å². The summed E-state index contributed by atoms with van der Waals surface area (Å²) in [6.07, 6.45) is -0.00541. The van der Waals surface area contributed by atoms with E-state index in [1.54, 1.807) is 0 Å². The quantitative estimate of drug-likeness (QED) is 0.697. The summed E-state index contributed by atoms with van der Waals surface area (Å²) in [5.41, 5.74) is 0. The smallest absolute Gasteiger partial charge is 0.337 e. The van der Waals surface area contributed by atoms with Crippen molar-refractivity contribution in [1.82, 2.24) is 0 Å². The minimum absolute atomic E-state index is 0.237. The molecule has 4 atom stereocenters. The zero-order valence-corrected chi connectivity index (χ0v) is 13.4. The van der Waals surface area contributed by atoms with E-state index in [-0.39, 0.29) is 24.5 Å². The second-order valence-corrected chi connectivity index (χ2v) is 4.64. The third-order valence-electron chi connectivity index (χ3n) is 3.09. The largest absolute Gasteiger partial charge is 0.467 e. The summed E-state index contributed by atoms with van der Waals surface area (Å²) < 4.78 is 29.5. The molecule has 2 aliphatic rings. The Morgan fingerprint density at radius 1 is 0.864 bits per heavy atom. The van der Waals surface area contributed by atoms with Crippen LogP contribution in [0.2, 0.25) is 0 Å². The van der Waals surface area contributed by atoms with Crippen LogP contribution in [0.15, 0.2) is 0 Å². The lowest BCUT2D eigenvalue weighted by molar-refractivity contribution is -0.154. The normalized spacial score (nSPS) is 30.4. The van der Waals surface area contributed by atoms with Crippen LogP contribution in [0.3, 0.4) is 0 Å². The van der Waals surface area contributed by atoms with E-state index in [2.05, 4.69) is 9.47 Å². The molecule has 0 saturated carbocycles. The highest BCUT2D eigenvalue weighted by atomic mass is 16.7. The molecule has 0 N–H and O–H groups in total. The third kappa shape index (κ3) is 5.53. The number of methoxy groups -OCH3 is 2. The van der Waals surface area contributed by atoms with Gasteiger partial charge in [0.05, 0.1) is 27.4 Å². The molecule has 0 aliphatic carbocycles. The molecule has 2 heterocycles. The minimum Gasteiger partial charge on any atom is -0.467 e. The summed E-state index contributed by atoms with van der Waals surface area (Å²) >= 11 is 0. The van der Waals surface area contributed by atoms with Crippen LogP contribution in [-0.4, -0.2) is 64.2 Å². The average Bonchev–Trinajstić information content (AvgIpc) is 3.22. The van der Waals surface area contributed by atoms with Gasteiger partial charge in [-0.3, -0.25) is 0 Å². The average molecular weight is 320 g/mol. The van der Waals surface area contributed by atoms with Crippen molar-refractivity contribution in [2.45, 2.75) is 51.5 Å². The molecule has 2 saturated heterocycles. The minimum atomic E-state index is -0.523. The molecule has 0 radical (unpaired) electrons. The van der Waals surface area contributed by atoms with Crippen LogP contribution in [0.25, 0.3) is 0 Å². The Morgan fingerprint density at radius 3 is 1.45 bits per heavy atom. The maximum Gasteiger partial charge on any atom is 0.337 e. The van der Waals surface area contributed by atoms with E-state index in [1.165, 1.54) is 14.2 Å². The zero-order chi connectivity index (χ0) is 16.5. The SMILES string of the molecule is CC[C@@H]1OC[C@@H](C(=O)OC)O1.CC[C@H]1OC[C@@H](C(=O)OC)O1. The summed E-state index contributed by atoms with van der Waals surface area (Å²) in [4.78, 5) is 21.7. The van der Waals surface area contributed by atoms with E-state index < -0.39 is 12.2 Å². The van der Waals surface area contributed by atoms with Crippen LogP contribution in [0.1, 0.15) is 26.7 Å². The number of rotatable bonds is 4. The van der Waals surface area contributed by atoms with Crippen molar-refractivity contribution in [3.8, 4) is 0 Å². The van der Waals surface area contributed by atoms with Crippen molar-refractivity contribution in [3.63, 3.8) is 0 Å². The second kappa shape index (κ2) is 9.73. The molecule has 0 unspecified atom stereocenters. The van der Waals surface area contributed by atoms with Crippen LogP contribution < -0.4 is 0 Å². The maximum atomic E-state index is 10.8. The van der Waals surface area contributed by atoms with Gasteiger partial charge in [0.15, 0.2) is 24.8 Å². The van der Waals surface area contributed by atoms with Crippen LogP contribution in [0.5, 0.6) is 0 Å². The monoisotopic (exact) mass is 320 g/mol. The molecule has 0 bridgehead atoms. The van der Waals surface area contributed by atoms with Gasteiger partial charge in [-0.1, -0.05) is 13.8 Å². The van der Waals surface area contributed by atoms with Crippen LogP contribution in [-0.2, 0) is 38.0 Å². The Labute approximate surface area is 129 Å². The molecule has 8 nitrogen and oxygen atoms in total. The first-order valence-electron chi connectivity index (χ1n) is 7.25. The molecule has 2 rings (SSSR count). The van der Waals surface area contributed by atoms with Gasteiger partial charge in [0.1, 0.15) is 0 Å². The second-order valence-electron chi connectivity index (χ2n) is 4.64. The molecule has 0 amide bonds. The number of carbonyl (C=O) groups excluding carboxylic acids is 2. The first kappa shape index (κ1) is 18.8. The van der Waals surface area contributed by atoms with Crippen molar-refractivity contribution >= 4 is 11.9 Å². The number of carbonyl (C=O) groups is 2. The van der Waals surface area contributed by atoms with E-state index in [0.29, 0.717) is 13.2 Å². The molecule has 2 aliphatic heterocycles. The van der Waals surface area contributed by atoms with E-state index in [0.717, 1.165) is 12.8 Å². The Hall–Kier alpha value is -1.22. The Bertz CT molecular complexity index is 325. The van der Waals surface area contributed by atoms with E-state index in [9.17, 15) is 9.59 Å². The molecule has 0 aromatic rings. The number of hydrogen-bond donors (Lipinski definition) is 0. The summed E-state index contributed by atoms with van der Waals surface area (Å²) in [7, 11) is 2.68. The molecule has 0 aromatic carbocycles. The molecule has 2 fully saturated rings. The van der Waals surface area contributed by atoms with Gasteiger partial charge in [0, 0.05) is 0 Å². The van der Waals surface area contributed by atoms with Gasteiger partial charge in [0.2, 0.25) is 0 Å². The summed E-state index contributed by atoms with van der Waals surface area (Å²) in [5, 5.41) is 0. The molecule has 8 heteroatoms. The lowest BCUT2D eigenvalue weighted by Gasteiger charge is -2.06.